The van der Waals surface area contributed by atoms with Crippen molar-refractivity contribution >= 4 is 17.7 Å². The summed E-state index contributed by atoms with van der Waals surface area (Å²) >= 11 is 5.74. The van der Waals surface area contributed by atoms with Crippen molar-refractivity contribution in [1.82, 2.24) is 4.90 Å². The number of halogens is 1. The second kappa shape index (κ2) is 2.66. The molecule has 0 aromatic rings. The van der Waals surface area contributed by atoms with E-state index in [2.05, 4.69) is 0 Å². The van der Waals surface area contributed by atoms with Crippen LogP contribution in [0.4, 0.5) is 4.79 Å². The van der Waals surface area contributed by atoms with E-state index < -0.39 is 6.09 Å². The SMILES string of the molecule is C[C@@H]1C[C@H](Cl)CN1C(=O)O. The fourth-order valence-corrected chi connectivity index (χ4v) is 1.64. The second-order valence-electron chi connectivity index (χ2n) is 2.62. The molecule has 1 N–H and O–H groups in total. The third-order valence-electron chi connectivity index (χ3n) is 1.77. The predicted molar refractivity (Wildman–Crippen MR) is 38.5 cm³/mol. The van der Waals surface area contributed by atoms with Crippen molar-refractivity contribution in [3.63, 3.8) is 0 Å². The number of carbonyl (C=O) groups is 1. The van der Waals surface area contributed by atoms with Crippen molar-refractivity contribution in [2.45, 2.75) is 24.8 Å². The van der Waals surface area contributed by atoms with Crippen LogP contribution in [0.5, 0.6) is 0 Å². The molecule has 0 spiro atoms. The summed E-state index contributed by atoms with van der Waals surface area (Å²) in [6, 6.07) is 0.0833. The summed E-state index contributed by atoms with van der Waals surface area (Å²) in [5.74, 6) is 0. The zero-order valence-electron chi connectivity index (χ0n) is 5.75. The van der Waals surface area contributed by atoms with Crippen LogP contribution >= 0.6 is 11.6 Å². The Hall–Kier alpha value is -0.440. The van der Waals surface area contributed by atoms with Gasteiger partial charge in [0.15, 0.2) is 0 Å². The zero-order valence-corrected chi connectivity index (χ0v) is 6.51. The quantitative estimate of drug-likeness (QED) is 0.548. The molecule has 0 aromatic carbocycles. The average molecular weight is 164 g/mol. The first-order valence-electron chi connectivity index (χ1n) is 3.25. The van der Waals surface area contributed by atoms with Crippen LogP contribution in [-0.2, 0) is 0 Å². The summed E-state index contributed by atoms with van der Waals surface area (Å²) in [7, 11) is 0. The molecule has 58 valence electrons. The van der Waals surface area contributed by atoms with Crippen LogP contribution in [0.1, 0.15) is 13.3 Å². The fraction of sp³-hybridized carbons (Fsp3) is 0.833. The number of likely N-dealkylation sites (tertiary alicyclic amines) is 1. The maximum absolute atomic E-state index is 10.4. The predicted octanol–water partition coefficient (Wildman–Crippen LogP) is 1.37. The molecule has 0 saturated carbocycles. The van der Waals surface area contributed by atoms with Gasteiger partial charge >= 0.3 is 6.09 Å². The number of hydrogen-bond donors (Lipinski definition) is 1. The molecule has 1 saturated heterocycles. The van der Waals surface area contributed by atoms with Gasteiger partial charge in [0.25, 0.3) is 0 Å². The fourth-order valence-electron chi connectivity index (χ4n) is 1.23. The lowest BCUT2D eigenvalue weighted by Gasteiger charge is -2.15. The highest BCUT2D eigenvalue weighted by Gasteiger charge is 2.30. The van der Waals surface area contributed by atoms with Crippen LogP contribution in [0.3, 0.4) is 0 Å². The van der Waals surface area contributed by atoms with E-state index in [4.69, 9.17) is 16.7 Å². The van der Waals surface area contributed by atoms with E-state index >= 15 is 0 Å². The highest BCUT2D eigenvalue weighted by Crippen LogP contribution is 2.21. The molecular formula is C6H10ClNO2. The molecule has 0 aliphatic carbocycles. The molecule has 4 heteroatoms. The molecule has 1 fully saturated rings. The van der Waals surface area contributed by atoms with Gasteiger partial charge in [-0.25, -0.2) is 4.79 Å². The average Bonchev–Trinajstić information content (AvgIpc) is 2.10. The number of amides is 1. The Morgan fingerprint density at radius 2 is 2.40 bits per heavy atom. The van der Waals surface area contributed by atoms with Crippen molar-refractivity contribution in [2.24, 2.45) is 0 Å². The summed E-state index contributed by atoms with van der Waals surface area (Å²) in [6.45, 7) is 2.34. The third-order valence-corrected chi connectivity index (χ3v) is 2.09. The van der Waals surface area contributed by atoms with Gasteiger partial charge in [-0.15, -0.1) is 11.6 Å². The Morgan fingerprint density at radius 3 is 2.60 bits per heavy atom. The van der Waals surface area contributed by atoms with E-state index in [-0.39, 0.29) is 11.4 Å². The lowest BCUT2D eigenvalue weighted by molar-refractivity contribution is 0.143. The van der Waals surface area contributed by atoms with E-state index in [1.165, 1.54) is 4.90 Å². The van der Waals surface area contributed by atoms with Crippen LogP contribution in [-0.4, -0.2) is 34.1 Å². The molecule has 10 heavy (non-hydrogen) atoms. The lowest BCUT2D eigenvalue weighted by atomic mass is 10.2. The molecule has 1 aliphatic heterocycles. The van der Waals surface area contributed by atoms with Gasteiger partial charge in [0.05, 0.1) is 5.38 Å². The van der Waals surface area contributed by atoms with Gasteiger partial charge in [-0.1, -0.05) is 0 Å². The van der Waals surface area contributed by atoms with Crippen molar-refractivity contribution in [1.29, 1.82) is 0 Å². The highest BCUT2D eigenvalue weighted by molar-refractivity contribution is 6.21. The first-order chi connectivity index (χ1) is 4.61. The Kier molecular flexibility index (Phi) is 2.04. The smallest absolute Gasteiger partial charge is 0.407 e. The van der Waals surface area contributed by atoms with Crippen LogP contribution in [0, 0.1) is 0 Å². The van der Waals surface area contributed by atoms with Gasteiger partial charge in [-0.05, 0) is 13.3 Å². The number of nitrogens with zero attached hydrogens (tertiary/aromatic N) is 1. The summed E-state index contributed by atoms with van der Waals surface area (Å²) in [6.07, 6.45) is -0.0935. The topological polar surface area (TPSA) is 40.5 Å². The Labute approximate surface area is 64.6 Å². The maximum atomic E-state index is 10.4. The Bertz CT molecular complexity index is 151. The standard InChI is InChI=1S/C6H10ClNO2/c1-4-2-5(7)3-8(4)6(9)10/h4-5H,2-3H2,1H3,(H,9,10)/t4-,5+/m1/s1. The van der Waals surface area contributed by atoms with E-state index in [1.807, 2.05) is 6.92 Å². The molecule has 0 bridgehead atoms. The number of rotatable bonds is 0. The molecule has 1 rings (SSSR count). The molecule has 2 atom stereocenters. The lowest BCUT2D eigenvalue weighted by Crippen LogP contribution is -2.32. The molecule has 1 heterocycles. The van der Waals surface area contributed by atoms with E-state index in [1.54, 1.807) is 0 Å². The van der Waals surface area contributed by atoms with Gasteiger partial charge in [-0.3, -0.25) is 0 Å². The normalized spacial score (nSPS) is 32.8. The number of hydrogen-bond acceptors (Lipinski definition) is 1. The second-order valence-corrected chi connectivity index (χ2v) is 3.23. The molecule has 0 radical (unpaired) electrons. The van der Waals surface area contributed by atoms with Gasteiger partial charge < -0.3 is 10.0 Å². The van der Waals surface area contributed by atoms with Crippen molar-refractivity contribution in [2.75, 3.05) is 6.54 Å². The van der Waals surface area contributed by atoms with Crippen molar-refractivity contribution in [3.8, 4) is 0 Å². The first-order valence-corrected chi connectivity index (χ1v) is 3.68. The maximum Gasteiger partial charge on any atom is 0.407 e. The molecule has 0 unspecified atom stereocenters. The minimum absolute atomic E-state index is 0.00565. The van der Waals surface area contributed by atoms with Crippen molar-refractivity contribution in [3.05, 3.63) is 0 Å². The Morgan fingerprint density at radius 1 is 1.80 bits per heavy atom. The van der Waals surface area contributed by atoms with Crippen molar-refractivity contribution < 1.29 is 9.90 Å². The monoisotopic (exact) mass is 163 g/mol. The summed E-state index contributed by atoms with van der Waals surface area (Å²) in [5.41, 5.74) is 0. The summed E-state index contributed by atoms with van der Waals surface area (Å²) in [4.78, 5) is 11.8. The van der Waals surface area contributed by atoms with Gasteiger partial charge in [0, 0.05) is 12.6 Å². The van der Waals surface area contributed by atoms with Crippen LogP contribution in [0.2, 0.25) is 0 Å². The summed E-state index contributed by atoms with van der Waals surface area (Å²) < 4.78 is 0. The number of carboxylic acid groups (broad SMARTS) is 1. The minimum atomic E-state index is -0.865. The van der Waals surface area contributed by atoms with E-state index in [9.17, 15) is 4.79 Å². The summed E-state index contributed by atoms with van der Waals surface area (Å²) in [5, 5.41) is 8.57. The zero-order chi connectivity index (χ0) is 7.72. The molecular weight excluding hydrogens is 154 g/mol. The molecule has 0 aromatic heterocycles. The Balaban J connectivity index is 2.54. The highest BCUT2D eigenvalue weighted by atomic mass is 35.5. The van der Waals surface area contributed by atoms with Gasteiger partial charge in [0.2, 0.25) is 0 Å². The largest absolute Gasteiger partial charge is 0.465 e. The van der Waals surface area contributed by atoms with Gasteiger partial charge in [-0.2, -0.15) is 0 Å². The van der Waals surface area contributed by atoms with Crippen LogP contribution < -0.4 is 0 Å². The van der Waals surface area contributed by atoms with E-state index in [0.29, 0.717) is 6.54 Å². The van der Waals surface area contributed by atoms with Crippen LogP contribution in [0.15, 0.2) is 0 Å². The molecule has 1 amide bonds. The van der Waals surface area contributed by atoms with Gasteiger partial charge in [0.1, 0.15) is 0 Å². The molecule has 3 nitrogen and oxygen atoms in total. The molecule has 1 aliphatic rings. The minimum Gasteiger partial charge on any atom is -0.465 e. The third kappa shape index (κ3) is 1.34. The number of alkyl halides is 1. The first kappa shape index (κ1) is 7.66. The van der Waals surface area contributed by atoms with Crippen LogP contribution in [0.25, 0.3) is 0 Å². The van der Waals surface area contributed by atoms with E-state index in [0.717, 1.165) is 6.42 Å².